The van der Waals surface area contributed by atoms with E-state index in [-0.39, 0.29) is 0 Å². The summed E-state index contributed by atoms with van der Waals surface area (Å²) in [6.45, 7) is 2.19. The third kappa shape index (κ3) is 12.8. The fraction of sp³-hybridized carbons (Fsp3) is 0.688. The van der Waals surface area contributed by atoms with Crippen LogP contribution in [0.3, 0.4) is 0 Å². The highest BCUT2D eigenvalue weighted by molar-refractivity contribution is 5.71. The normalized spacial score (nSPS) is 10.8. The van der Waals surface area contributed by atoms with Crippen LogP contribution in [0.1, 0.15) is 64.7 Å². The second-order valence-electron chi connectivity index (χ2n) is 4.51. The molecule has 0 fully saturated rings. The second kappa shape index (κ2) is 13.0. The van der Waals surface area contributed by atoms with E-state index in [1.54, 1.807) is 0 Å². The molecule has 0 aromatic carbocycles. The smallest absolute Gasteiger partial charge is 0.332 e. The summed E-state index contributed by atoms with van der Waals surface area (Å²) in [5.74, 6) is 10.4. The number of hydrogen-bond acceptors (Lipinski definition) is 2. The fourth-order valence-corrected chi connectivity index (χ4v) is 1.53. The third-order valence-electron chi connectivity index (χ3n) is 2.71. The molecule has 0 aliphatic rings. The Bertz CT molecular complexity index is 352. The lowest BCUT2D eigenvalue weighted by atomic mass is 10.1. The van der Waals surface area contributed by atoms with Crippen LogP contribution in [0.5, 0.6) is 0 Å². The molecule has 1 atom stereocenters. The number of aliphatic carboxylic acids is 1. The van der Waals surface area contributed by atoms with Crippen molar-refractivity contribution >= 4 is 5.97 Å². The molecule has 0 rings (SSSR count). The van der Waals surface area contributed by atoms with Crippen molar-refractivity contribution in [2.45, 2.75) is 70.8 Å². The van der Waals surface area contributed by atoms with Crippen LogP contribution in [-0.2, 0) is 4.79 Å². The van der Waals surface area contributed by atoms with Gasteiger partial charge in [0.25, 0.3) is 0 Å². The van der Waals surface area contributed by atoms with Crippen molar-refractivity contribution in [2.24, 2.45) is 0 Å². The zero-order valence-corrected chi connectivity index (χ0v) is 11.7. The SMILES string of the molecule is CCCCCCC#CC#CCCCCC(O)C(=O)O. The summed E-state index contributed by atoms with van der Waals surface area (Å²) in [7, 11) is 0. The van der Waals surface area contributed by atoms with Crippen molar-refractivity contribution < 1.29 is 15.0 Å². The molecule has 3 heteroatoms. The monoisotopic (exact) mass is 264 g/mol. The van der Waals surface area contributed by atoms with Crippen molar-refractivity contribution in [2.75, 3.05) is 0 Å². The van der Waals surface area contributed by atoms with Gasteiger partial charge in [0.05, 0.1) is 0 Å². The van der Waals surface area contributed by atoms with E-state index in [0.29, 0.717) is 19.3 Å². The maximum atomic E-state index is 10.3. The Morgan fingerprint density at radius 3 is 2.11 bits per heavy atom. The number of carbonyl (C=O) groups is 1. The van der Waals surface area contributed by atoms with Crippen LogP contribution in [0.25, 0.3) is 0 Å². The molecule has 0 saturated heterocycles. The molecule has 0 saturated carbocycles. The third-order valence-corrected chi connectivity index (χ3v) is 2.71. The Morgan fingerprint density at radius 1 is 1.00 bits per heavy atom. The molecule has 106 valence electrons. The first-order valence-corrected chi connectivity index (χ1v) is 7.05. The number of carboxylic acid groups (broad SMARTS) is 1. The Morgan fingerprint density at radius 2 is 1.58 bits per heavy atom. The van der Waals surface area contributed by atoms with Gasteiger partial charge in [-0.15, -0.1) is 0 Å². The lowest BCUT2D eigenvalue weighted by Gasteiger charge is -2.02. The lowest BCUT2D eigenvalue weighted by Crippen LogP contribution is -2.18. The van der Waals surface area contributed by atoms with Gasteiger partial charge in [-0.1, -0.05) is 38.0 Å². The van der Waals surface area contributed by atoms with Gasteiger partial charge in [0.2, 0.25) is 0 Å². The molecule has 2 N–H and O–H groups in total. The maximum absolute atomic E-state index is 10.3. The molecular weight excluding hydrogens is 240 g/mol. The van der Waals surface area contributed by atoms with Crippen LogP contribution < -0.4 is 0 Å². The average molecular weight is 264 g/mol. The molecule has 19 heavy (non-hydrogen) atoms. The Kier molecular flexibility index (Phi) is 12.0. The van der Waals surface area contributed by atoms with Crippen molar-refractivity contribution in [3.05, 3.63) is 0 Å². The number of unbranched alkanes of at least 4 members (excludes halogenated alkanes) is 6. The summed E-state index contributed by atoms with van der Waals surface area (Å²) in [6.07, 6.45) is 7.05. The van der Waals surface area contributed by atoms with Gasteiger partial charge in [-0.3, -0.25) is 0 Å². The Balaban J connectivity index is 3.45. The maximum Gasteiger partial charge on any atom is 0.332 e. The second-order valence-corrected chi connectivity index (χ2v) is 4.51. The van der Waals surface area contributed by atoms with Crippen molar-refractivity contribution in [1.82, 2.24) is 0 Å². The van der Waals surface area contributed by atoms with Gasteiger partial charge >= 0.3 is 5.97 Å². The molecule has 0 aromatic heterocycles. The summed E-state index contributed by atoms with van der Waals surface area (Å²) in [5.41, 5.74) is 0. The average Bonchev–Trinajstić information content (AvgIpc) is 2.39. The molecule has 0 bridgehead atoms. The van der Waals surface area contributed by atoms with Crippen LogP contribution in [-0.4, -0.2) is 22.3 Å². The van der Waals surface area contributed by atoms with Gasteiger partial charge in [0.15, 0.2) is 6.10 Å². The molecule has 3 nitrogen and oxygen atoms in total. The number of carboxylic acids is 1. The molecule has 0 spiro atoms. The van der Waals surface area contributed by atoms with E-state index < -0.39 is 12.1 Å². The minimum Gasteiger partial charge on any atom is -0.479 e. The van der Waals surface area contributed by atoms with E-state index in [4.69, 9.17) is 10.2 Å². The first-order valence-electron chi connectivity index (χ1n) is 7.05. The molecule has 0 radical (unpaired) electrons. The van der Waals surface area contributed by atoms with Gasteiger partial charge in [0.1, 0.15) is 0 Å². The van der Waals surface area contributed by atoms with E-state index >= 15 is 0 Å². The molecule has 0 amide bonds. The van der Waals surface area contributed by atoms with Crippen LogP contribution in [0.4, 0.5) is 0 Å². The number of hydrogen-bond donors (Lipinski definition) is 2. The van der Waals surface area contributed by atoms with E-state index in [2.05, 4.69) is 30.6 Å². The van der Waals surface area contributed by atoms with Gasteiger partial charge < -0.3 is 10.2 Å². The highest BCUT2D eigenvalue weighted by atomic mass is 16.4. The quantitative estimate of drug-likeness (QED) is 0.497. The minimum atomic E-state index is -1.24. The lowest BCUT2D eigenvalue weighted by molar-refractivity contribution is -0.146. The highest BCUT2D eigenvalue weighted by Crippen LogP contribution is 2.03. The van der Waals surface area contributed by atoms with Crippen LogP contribution in [0, 0.1) is 23.7 Å². The van der Waals surface area contributed by atoms with E-state index in [0.717, 1.165) is 19.3 Å². The standard InChI is InChI=1S/C16H24O3/c1-2-3-4-5-6-7-8-9-10-11-12-13-14-15(17)16(18)19/h15,17H,2-6,11-14H2,1H3,(H,18,19). The Labute approximate surface area is 116 Å². The number of rotatable bonds is 9. The van der Waals surface area contributed by atoms with Crippen molar-refractivity contribution in [3.8, 4) is 23.7 Å². The van der Waals surface area contributed by atoms with Gasteiger partial charge in [-0.05, 0) is 37.5 Å². The van der Waals surface area contributed by atoms with Crippen LogP contribution in [0.15, 0.2) is 0 Å². The van der Waals surface area contributed by atoms with Gasteiger partial charge in [0, 0.05) is 12.8 Å². The fourth-order valence-electron chi connectivity index (χ4n) is 1.53. The molecule has 0 aliphatic carbocycles. The summed E-state index contributed by atoms with van der Waals surface area (Å²) >= 11 is 0. The molecule has 0 aliphatic heterocycles. The van der Waals surface area contributed by atoms with Gasteiger partial charge in [-0.25, -0.2) is 4.79 Å². The summed E-state index contributed by atoms with van der Waals surface area (Å²) < 4.78 is 0. The first-order chi connectivity index (χ1) is 9.18. The van der Waals surface area contributed by atoms with Crippen LogP contribution in [0.2, 0.25) is 0 Å². The molecule has 0 aromatic rings. The van der Waals surface area contributed by atoms with Crippen molar-refractivity contribution in [1.29, 1.82) is 0 Å². The first kappa shape index (κ1) is 17.6. The zero-order valence-electron chi connectivity index (χ0n) is 11.7. The van der Waals surface area contributed by atoms with E-state index in [9.17, 15) is 4.79 Å². The summed E-state index contributed by atoms with van der Waals surface area (Å²) in [6, 6.07) is 0. The molecule has 0 heterocycles. The van der Waals surface area contributed by atoms with E-state index in [1.165, 1.54) is 19.3 Å². The highest BCUT2D eigenvalue weighted by Gasteiger charge is 2.11. The predicted molar refractivity (Wildman–Crippen MR) is 76.4 cm³/mol. The van der Waals surface area contributed by atoms with Gasteiger partial charge in [-0.2, -0.15) is 0 Å². The van der Waals surface area contributed by atoms with Crippen molar-refractivity contribution in [3.63, 3.8) is 0 Å². The zero-order chi connectivity index (χ0) is 14.3. The molecule has 1 unspecified atom stereocenters. The summed E-state index contributed by atoms with van der Waals surface area (Å²) in [4.78, 5) is 10.3. The largest absolute Gasteiger partial charge is 0.479 e. The van der Waals surface area contributed by atoms with Crippen LogP contribution >= 0.6 is 0 Å². The Hall–Kier alpha value is -1.45. The number of aliphatic hydroxyl groups is 1. The van der Waals surface area contributed by atoms with E-state index in [1.807, 2.05) is 0 Å². The number of aliphatic hydroxyl groups excluding tert-OH is 1. The topological polar surface area (TPSA) is 57.5 Å². The molecular formula is C16H24O3. The summed E-state index contributed by atoms with van der Waals surface area (Å²) in [5, 5.41) is 17.5. The predicted octanol–water partition coefficient (Wildman–Crippen LogP) is 2.97. The minimum absolute atomic E-state index is 0.292.